The van der Waals surface area contributed by atoms with E-state index in [-0.39, 0.29) is 0 Å². The molecule has 0 aromatic carbocycles. The van der Waals surface area contributed by atoms with Gasteiger partial charge in [0.25, 0.3) is 0 Å². The Kier molecular flexibility index (Phi) is 1.43. The van der Waals surface area contributed by atoms with Gasteiger partial charge in [0.05, 0.1) is 6.54 Å². The molecule has 0 bridgehead atoms. The Morgan fingerprint density at radius 1 is 1.17 bits per heavy atom. The van der Waals surface area contributed by atoms with Crippen LogP contribution >= 0.6 is 0 Å². The second-order valence-corrected chi connectivity index (χ2v) is 4.27. The van der Waals surface area contributed by atoms with Crippen molar-refractivity contribution in [3.05, 3.63) is 0 Å². The van der Waals surface area contributed by atoms with Crippen LogP contribution in [-0.4, -0.2) is 19.0 Å². The van der Waals surface area contributed by atoms with E-state index in [1.54, 1.807) is 0 Å². The molecule has 1 aliphatic heterocycles. The minimum Gasteiger partial charge on any atom is -0.479 e. The zero-order valence-corrected chi connectivity index (χ0v) is 7.33. The first kappa shape index (κ1) is 6.93. The van der Waals surface area contributed by atoms with Crippen molar-refractivity contribution in [3.63, 3.8) is 0 Å². The van der Waals surface area contributed by atoms with Crippen molar-refractivity contribution in [2.75, 3.05) is 13.2 Å². The zero-order chi connectivity index (χ0) is 7.97. The molecule has 2 aliphatic carbocycles. The lowest BCUT2D eigenvalue weighted by Gasteiger charge is -2.14. The summed E-state index contributed by atoms with van der Waals surface area (Å²) < 4.78 is 5.57. The maximum absolute atomic E-state index is 5.57. The first-order valence-electron chi connectivity index (χ1n) is 5.12. The van der Waals surface area contributed by atoms with Crippen molar-refractivity contribution < 1.29 is 4.74 Å². The second-order valence-electron chi connectivity index (χ2n) is 4.27. The molecule has 0 unspecified atom stereocenters. The highest BCUT2D eigenvalue weighted by molar-refractivity contribution is 5.81. The average molecular weight is 165 g/mol. The molecule has 0 atom stereocenters. The van der Waals surface area contributed by atoms with Gasteiger partial charge in [-0.3, -0.25) is 4.99 Å². The van der Waals surface area contributed by atoms with E-state index in [4.69, 9.17) is 4.74 Å². The quantitative estimate of drug-likeness (QED) is 0.625. The van der Waals surface area contributed by atoms with Crippen LogP contribution in [0.3, 0.4) is 0 Å². The van der Waals surface area contributed by atoms with Crippen molar-refractivity contribution >= 4 is 5.90 Å². The largest absolute Gasteiger partial charge is 0.479 e. The van der Waals surface area contributed by atoms with Crippen LogP contribution in [0.1, 0.15) is 25.7 Å². The van der Waals surface area contributed by atoms with Crippen LogP contribution in [0.4, 0.5) is 0 Å². The smallest absolute Gasteiger partial charge is 0.187 e. The van der Waals surface area contributed by atoms with Gasteiger partial charge in [0.15, 0.2) is 5.90 Å². The van der Waals surface area contributed by atoms with Crippen LogP contribution in [0.25, 0.3) is 0 Å². The molecular weight excluding hydrogens is 150 g/mol. The molecule has 3 aliphatic rings. The van der Waals surface area contributed by atoms with Crippen molar-refractivity contribution in [1.82, 2.24) is 0 Å². The van der Waals surface area contributed by atoms with E-state index < -0.39 is 0 Å². The molecule has 2 nitrogen and oxygen atoms in total. The molecule has 0 N–H and O–H groups in total. The number of hydrogen-bond acceptors (Lipinski definition) is 2. The van der Waals surface area contributed by atoms with Crippen molar-refractivity contribution in [2.24, 2.45) is 22.7 Å². The number of ether oxygens (including phenoxy) is 1. The average Bonchev–Trinajstić information content (AvgIpc) is 2.95. The van der Waals surface area contributed by atoms with Gasteiger partial charge < -0.3 is 4.74 Å². The fraction of sp³-hybridized carbons (Fsp3) is 0.900. The minimum atomic E-state index is 0.729. The van der Waals surface area contributed by atoms with Gasteiger partial charge in [-0.15, -0.1) is 0 Å². The predicted molar refractivity (Wildman–Crippen MR) is 47.2 cm³/mol. The van der Waals surface area contributed by atoms with E-state index in [2.05, 4.69) is 4.99 Å². The number of nitrogens with zero attached hydrogens (tertiary/aromatic N) is 1. The molecule has 2 saturated carbocycles. The van der Waals surface area contributed by atoms with Gasteiger partial charge >= 0.3 is 0 Å². The maximum atomic E-state index is 5.57. The van der Waals surface area contributed by atoms with E-state index in [9.17, 15) is 0 Å². The van der Waals surface area contributed by atoms with Gasteiger partial charge in [0, 0.05) is 5.92 Å². The summed E-state index contributed by atoms with van der Waals surface area (Å²) in [6.07, 6.45) is 5.68. The van der Waals surface area contributed by atoms with Crippen LogP contribution in [0.5, 0.6) is 0 Å². The van der Waals surface area contributed by atoms with Crippen molar-refractivity contribution in [2.45, 2.75) is 25.7 Å². The van der Waals surface area contributed by atoms with Gasteiger partial charge in [0.1, 0.15) is 6.61 Å². The van der Waals surface area contributed by atoms with E-state index in [1.807, 2.05) is 0 Å². The molecule has 3 rings (SSSR count). The lowest BCUT2D eigenvalue weighted by molar-refractivity contribution is 0.305. The summed E-state index contributed by atoms with van der Waals surface area (Å²) in [7, 11) is 0. The number of rotatable bonds is 3. The fourth-order valence-electron chi connectivity index (χ4n) is 2.25. The molecule has 66 valence electrons. The van der Waals surface area contributed by atoms with Crippen LogP contribution < -0.4 is 0 Å². The Morgan fingerprint density at radius 3 is 2.25 bits per heavy atom. The summed E-state index contributed by atoms with van der Waals surface area (Å²) in [5, 5.41) is 0. The Bertz CT molecular complexity index is 204. The normalized spacial score (nSPS) is 28.9. The van der Waals surface area contributed by atoms with Crippen LogP contribution in [0.2, 0.25) is 0 Å². The summed E-state index contributed by atoms with van der Waals surface area (Å²) in [6, 6.07) is 0. The van der Waals surface area contributed by atoms with Crippen LogP contribution in [0.15, 0.2) is 4.99 Å². The lowest BCUT2D eigenvalue weighted by Crippen LogP contribution is -2.19. The molecule has 0 aromatic rings. The molecule has 0 saturated heterocycles. The fourth-order valence-corrected chi connectivity index (χ4v) is 2.25. The number of aliphatic imine (C=N–C) groups is 1. The van der Waals surface area contributed by atoms with E-state index in [0.29, 0.717) is 0 Å². The first-order valence-corrected chi connectivity index (χ1v) is 5.12. The van der Waals surface area contributed by atoms with E-state index in [1.165, 1.54) is 25.7 Å². The minimum absolute atomic E-state index is 0.729. The third-order valence-electron chi connectivity index (χ3n) is 3.15. The standard InChI is InChI=1S/C10H15NO/c1-2-7(1)9(8-3-4-8)10-11-5-6-12-10/h7-9H,1-6H2. The first-order chi connectivity index (χ1) is 5.95. The summed E-state index contributed by atoms with van der Waals surface area (Å²) in [5.74, 6) is 3.72. The molecular formula is C10H15NO. The summed E-state index contributed by atoms with van der Waals surface area (Å²) in [4.78, 5) is 4.45. The summed E-state index contributed by atoms with van der Waals surface area (Å²) >= 11 is 0. The zero-order valence-electron chi connectivity index (χ0n) is 7.33. The molecule has 0 aromatic heterocycles. The van der Waals surface area contributed by atoms with Gasteiger partial charge in [-0.25, -0.2) is 0 Å². The maximum Gasteiger partial charge on any atom is 0.187 e. The predicted octanol–water partition coefficient (Wildman–Crippen LogP) is 1.85. The Labute approximate surface area is 73.0 Å². The third kappa shape index (κ3) is 1.13. The van der Waals surface area contributed by atoms with Crippen LogP contribution in [-0.2, 0) is 4.74 Å². The molecule has 0 radical (unpaired) electrons. The Balaban J connectivity index is 1.75. The highest BCUT2D eigenvalue weighted by Crippen LogP contribution is 2.50. The Morgan fingerprint density at radius 2 is 1.83 bits per heavy atom. The van der Waals surface area contributed by atoms with Gasteiger partial charge in [-0.2, -0.15) is 0 Å². The summed E-state index contributed by atoms with van der Waals surface area (Å²) in [5.41, 5.74) is 0. The molecule has 12 heavy (non-hydrogen) atoms. The van der Waals surface area contributed by atoms with Crippen molar-refractivity contribution in [3.8, 4) is 0 Å². The Hall–Kier alpha value is -0.530. The highest BCUT2D eigenvalue weighted by atomic mass is 16.5. The van der Waals surface area contributed by atoms with Gasteiger partial charge in [0.2, 0.25) is 0 Å². The number of hydrogen-bond donors (Lipinski definition) is 0. The highest BCUT2D eigenvalue weighted by Gasteiger charge is 2.45. The van der Waals surface area contributed by atoms with E-state index >= 15 is 0 Å². The second kappa shape index (κ2) is 2.48. The monoisotopic (exact) mass is 165 g/mol. The third-order valence-corrected chi connectivity index (χ3v) is 3.15. The summed E-state index contributed by atoms with van der Waals surface area (Å²) in [6.45, 7) is 1.75. The van der Waals surface area contributed by atoms with Crippen molar-refractivity contribution in [1.29, 1.82) is 0 Å². The lowest BCUT2D eigenvalue weighted by atomic mass is 9.98. The van der Waals surface area contributed by atoms with E-state index in [0.717, 1.165) is 36.8 Å². The SMILES string of the molecule is C1COC(C(C2CC2)C2CC2)=N1. The van der Waals surface area contributed by atoms with Gasteiger partial charge in [-0.05, 0) is 37.5 Å². The topological polar surface area (TPSA) is 21.6 Å². The molecule has 0 spiro atoms. The molecule has 2 heteroatoms. The van der Waals surface area contributed by atoms with Gasteiger partial charge in [-0.1, -0.05) is 0 Å². The molecule has 2 fully saturated rings. The molecule has 0 amide bonds. The van der Waals surface area contributed by atoms with Crippen LogP contribution in [0, 0.1) is 17.8 Å². The molecule has 1 heterocycles.